The highest BCUT2D eigenvalue weighted by Crippen LogP contribution is 2.64. The third kappa shape index (κ3) is 3.47. The van der Waals surface area contributed by atoms with Crippen molar-refractivity contribution in [1.82, 2.24) is 4.57 Å². The van der Waals surface area contributed by atoms with E-state index in [1.807, 2.05) is 19.9 Å². The maximum atomic E-state index is 13.1. The number of hydrogen-bond acceptors (Lipinski definition) is 4. The molecule has 4 saturated carbocycles. The summed E-state index contributed by atoms with van der Waals surface area (Å²) in [6, 6.07) is 1.89. The van der Waals surface area contributed by atoms with Gasteiger partial charge in [0.25, 0.3) is 0 Å². The summed E-state index contributed by atoms with van der Waals surface area (Å²) in [5.41, 5.74) is 2.18. The summed E-state index contributed by atoms with van der Waals surface area (Å²) >= 11 is 3.93. The molecule has 1 aromatic rings. The van der Waals surface area contributed by atoms with Gasteiger partial charge in [-0.05, 0) is 70.3 Å². The first kappa shape index (κ1) is 20.1. The second kappa shape index (κ2) is 7.28. The lowest BCUT2D eigenvalue weighted by Crippen LogP contribution is -2.56. The first-order chi connectivity index (χ1) is 13.3. The molecule has 6 heteroatoms. The molecule has 5 nitrogen and oxygen atoms in total. The van der Waals surface area contributed by atoms with E-state index in [2.05, 4.69) is 20.5 Å². The van der Waals surface area contributed by atoms with Crippen LogP contribution >= 0.6 is 15.9 Å². The van der Waals surface area contributed by atoms with Crippen LogP contribution in [0.25, 0.3) is 0 Å². The van der Waals surface area contributed by atoms with E-state index < -0.39 is 0 Å². The number of aromatic nitrogens is 1. The molecule has 4 aliphatic rings. The van der Waals surface area contributed by atoms with Gasteiger partial charge in [-0.15, -0.1) is 0 Å². The molecule has 1 aromatic heterocycles. The Hall–Kier alpha value is -1.14. The smallest absolute Gasteiger partial charge is 0.312 e. The zero-order valence-corrected chi connectivity index (χ0v) is 18.6. The average Bonchev–Trinajstić information content (AvgIpc) is 2.89. The van der Waals surface area contributed by atoms with E-state index in [0.29, 0.717) is 30.6 Å². The molecule has 154 valence electrons. The summed E-state index contributed by atoms with van der Waals surface area (Å²) in [4.78, 5) is 25.8. The van der Waals surface area contributed by atoms with Crippen LogP contribution in [0.15, 0.2) is 6.07 Å². The minimum atomic E-state index is -0.386. The summed E-state index contributed by atoms with van der Waals surface area (Å²) in [6.07, 6.45) is 6.29. The van der Waals surface area contributed by atoms with Crippen molar-refractivity contribution >= 4 is 27.7 Å². The highest BCUT2D eigenvalue weighted by molar-refractivity contribution is 9.10. The van der Waals surface area contributed by atoms with Crippen molar-refractivity contribution in [2.24, 2.45) is 17.3 Å². The number of carbonyl (C=O) groups is 2. The number of halogens is 1. The van der Waals surface area contributed by atoms with E-state index in [4.69, 9.17) is 9.47 Å². The second-order valence-corrected chi connectivity index (χ2v) is 11.0. The fourth-order valence-electron chi connectivity index (χ4n) is 6.36. The highest BCUT2D eigenvalue weighted by Gasteiger charge is 2.60. The number of ketones is 1. The molecule has 4 atom stereocenters. The van der Waals surface area contributed by atoms with Gasteiger partial charge >= 0.3 is 5.97 Å². The summed E-state index contributed by atoms with van der Waals surface area (Å²) in [5.74, 6) is 0.947. The molecule has 0 aromatic carbocycles. The Labute approximate surface area is 175 Å². The first-order valence-electron chi connectivity index (χ1n) is 10.3. The number of Topliss-reactive ketones (excluding diaryl/α,β-unsaturated/α-hetero) is 1. The maximum absolute atomic E-state index is 13.1. The van der Waals surface area contributed by atoms with E-state index in [1.54, 1.807) is 7.11 Å². The van der Waals surface area contributed by atoms with Gasteiger partial charge in [0.05, 0.1) is 12.0 Å². The fourth-order valence-corrected chi connectivity index (χ4v) is 7.81. The molecule has 28 heavy (non-hydrogen) atoms. The molecule has 0 radical (unpaired) electrons. The lowest BCUT2D eigenvalue weighted by atomic mass is 9.49. The monoisotopic (exact) mass is 451 g/mol. The van der Waals surface area contributed by atoms with Crippen LogP contribution in [0.4, 0.5) is 0 Å². The second-order valence-electron chi connectivity index (χ2n) is 9.32. The molecule has 4 aliphatic carbocycles. The minimum Gasteiger partial charge on any atom is -0.457 e. The zero-order chi connectivity index (χ0) is 20.1. The lowest BCUT2D eigenvalue weighted by Gasteiger charge is -2.58. The molecule has 0 N–H and O–H groups in total. The molecule has 4 fully saturated rings. The molecule has 4 bridgehead atoms. The van der Waals surface area contributed by atoms with Crippen LogP contribution in [-0.2, 0) is 20.8 Å². The SMILES string of the molecule is COCCn1c(C)cc(C(=O)COC(=O)C23C[C@@H]4C[C@@H](CC(Br)(C4)C2)C3)c1C. The Morgan fingerprint density at radius 3 is 2.50 bits per heavy atom. The molecule has 0 spiro atoms. The van der Waals surface area contributed by atoms with Crippen molar-refractivity contribution in [3.05, 3.63) is 23.0 Å². The molecular formula is C22H30BrNO4. The van der Waals surface area contributed by atoms with Gasteiger partial charge in [-0.3, -0.25) is 9.59 Å². The number of ether oxygens (including phenoxy) is 2. The van der Waals surface area contributed by atoms with Gasteiger partial charge in [-0.2, -0.15) is 0 Å². The van der Waals surface area contributed by atoms with Crippen molar-refractivity contribution < 1.29 is 19.1 Å². The molecule has 0 saturated heterocycles. The number of alkyl halides is 1. The molecule has 2 unspecified atom stereocenters. The number of esters is 1. The van der Waals surface area contributed by atoms with Crippen molar-refractivity contribution in [3.8, 4) is 0 Å². The van der Waals surface area contributed by atoms with Crippen LogP contribution in [0.2, 0.25) is 0 Å². The van der Waals surface area contributed by atoms with Crippen LogP contribution in [0, 0.1) is 31.1 Å². The fraction of sp³-hybridized carbons (Fsp3) is 0.727. The Kier molecular flexibility index (Phi) is 5.24. The van der Waals surface area contributed by atoms with Gasteiger partial charge in [0, 0.05) is 34.9 Å². The predicted octanol–water partition coefficient (Wildman–Crippen LogP) is 4.21. The molecule has 0 amide bonds. The van der Waals surface area contributed by atoms with Crippen LogP contribution in [-0.4, -0.2) is 41.0 Å². The topological polar surface area (TPSA) is 57.5 Å². The number of methoxy groups -OCH3 is 1. The van der Waals surface area contributed by atoms with E-state index in [-0.39, 0.29) is 28.1 Å². The molecular weight excluding hydrogens is 422 g/mol. The summed E-state index contributed by atoms with van der Waals surface area (Å²) < 4.78 is 13.0. The van der Waals surface area contributed by atoms with Crippen LogP contribution in [0.1, 0.15) is 60.3 Å². The van der Waals surface area contributed by atoms with Gasteiger partial charge in [0.15, 0.2) is 6.61 Å². The summed E-state index contributed by atoms with van der Waals surface area (Å²) in [7, 11) is 1.67. The van der Waals surface area contributed by atoms with E-state index >= 15 is 0 Å². The van der Waals surface area contributed by atoms with Crippen LogP contribution < -0.4 is 0 Å². The summed E-state index contributed by atoms with van der Waals surface area (Å²) in [6.45, 7) is 5.06. The predicted molar refractivity (Wildman–Crippen MR) is 110 cm³/mol. The van der Waals surface area contributed by atoms with E-state index in [1.165, 1.54) is 19.3 Å². The third-order valence-electron chi connectivity index (χ3n) is 7.15. The number of rotatable bonds is 7. The Balaban J connectivity index is 1.42. The molecule has 0 aliphatic heterocycles. The number of aryl methyl sites for hydroxylation is 1. The van der Waals surface area contributed by atoms with Crippen LogP contribution in [0.3, 0.4) is 0 Å². The first-order valence-corrected chi connectivity index (χ1v) is 11.1. The van der Waals surface area contributed by atoms with Crippen LogP contribution in [0.5, 0.6) is 0 Å². The van der Waals surface area contributed by atoms with Gasteiger partial charge in [-0.25, -0.2) is 0 Å². The Morgan fingerprint density at radius 1 is 1.21 bits per heavy atom. The third-order valence-corrected chi connectivity index (χ3v) is 8.08. The quantitative estimate of drug-likeness (QED) is 0.353. The highest BCUT2D eigenvalue weighted by atomic mass is 79.9. The van der Waals surface area contributed by atoms with Gasteiger partial charge in [0.1, 0.15) is 0 Å². The maximum Gasteiger partial charge on any atom is 0.312 e. The largest absolute Gasteiger partial charge is 0.457 e. The van der Waals surface area contributed by atoms with Crippen molar-refractivity contribution in [2.75, 3.05) is 20.3 Å². The van der Waals surface area contributed by atoms with E-state index in [0.717, 1.165) is 30.7 Å². The normalized spacial score (nSPS) is 33.3. The van der Waals surface area contributed by atoms with Gasteiger partial charge in [0.2, 0.25) is 5.78 Å². The number of nitrogens with zero attached hydrogens (tertiary/aromatic N) is 1. The van der Waals surface area contributed by atoms with Crippen molar-refractivity contribution in [2.45, 2.75) is 63.2 Å². The van der Waals surface area contributed by atoms with Gasteiger partial charge in [-0.1, -0.05) is 15.9 Å². The number of carbonyl (C=O) groups excluding carboxylic acids is 2. The number of hydrogen-bond donors (Lipinski definition) is 0. The lowest BCUT2D eigenvalue weighted by molar-refractivity contribution is -0.168. The zero-order valence-electron chi connectivity index (χ0n) is 17.1. The average molecular weight is 452 g/mol. The van der Waals surface area contributed by atoms with E-state index in [9.17, 15) is 9.59 Å². The van der Waals surface area contributed by atoms with Crippen molar-refractivity contribution in [3.63, 3.8) is 0 Å². The minimum absolute atomic E-state index is 0.104. The summed E-state index contributed by atoms with van der Waals surface area (Å²) in [5, 5.41) is 0. The molecule has 1 heterocycles. The van der Waals surface area contributed by atoms with Gasteiger partial charge < -0.3 is 14.0 Å². The standard InChI is InChI=1S/C22H30BrNO4/c1-14-6-18(15(2)24(14)4-5-27-3)19(25)12-28-20(26)21-8-16-7-17(9-21)11-22(23,10-16)13-21/h6,16-17H,4-5,7-13H2,1-3H3/t16-,17+,21?,22?. The van der Waals surface area contributed by atoms with Crippen molar-refractivity contribution in [1.29, 1.82) is 0 Å². The Morgan fingerprint density at radius 2 is 1.89 bits per heavy atom. The Bertz CT molecular complexity index is 785. The molecule has 5 rings (SSSR count).